The predicted octanol–water partition coefficient (Wildman–Crippen LogP) is 2.99. The van der Waals surface area contributed by atoms with E-state index in [4.69, 9.17) is 5.11 Å². The monoisotopic (exact) mass is 214 g/mol. The highest BCUT2D eigenvalue weighted by atomic mass is 32.1. The standard InChI is InChI=1S/C10H8F2OS/c11-10(12,6-13)9-5-7-3-1-2-4-8(7)14-9/h1-5,13H,6H2. The lowest BCUT2D eigenvalue weighted by Gasteiger charge is -2.09. The highest BCUT2D eigenvalue weighted by molar-refractivity contribution is 7.19. The van der Waals surface area contributed by atoms with Gasteiger partial charge in [0.2, 0.25) is 0 Å². The largest absolute Gasteiger partial charge is 0.390 e. The summed E-state index contributed by atoms with van der Waals surface area (Å²) >= 11 is 1.02. The van der Waals surface area contributed by atoms with E-state index in [1.165, 1.54) is 6.07 Å². The van der Waals surface area contributed by atoms with Crippen molar-refractivity contribution in [2.24, 2.45) is 0 Å². The molecule has 1 heterocycles. The number of hydrogen-bond donors (Lipinski definition) is 1. The maximum absolute atomic E-state index is 13.1. The number of aliphatic hydroxyl groups excluding tert-OH is 1. The van der Waals surface area contributed by atoms with Gasteiger partial charge in [-0.1, -0.05) is 18.2 Å². The first-order valence-corrected chi connectivity index (χ1v) is 4.93. The Balaban J connectivity index is 2.55. The quantitative estimate of drug-likeness (QED) is 0.814. The lowest BCUT2D eigenvalue weighted by molar-refractivity contribution is -0.0523. The SMILES string of the molecule is OCC(F)(F)c1cc2ccccc2s1. The van der Waals surface area contributed by atoms with Gasteiger partial charge in [-0.25, -0.2) is 0 Å². The number of fused-ring (bicyclic) bond motifs is 1. The second-order valence-corrected chi connectivity index (χ2v) is 4.09. The molecule has 0 aliphatic rings. The molecule has 0 atom stereocenters. The van der Waals surface area contributed by atoms with Crippen molar-refractivity contribution in [2.45, 2.75) is 5.92 Å². The van der Waals surface area contributed by atoms with E-state index >= 15 is 0 Å². The molecular weight excluding hydrogens is 206 g/mol. The first-order valence-electron chi connectivity index (χ1n) is 4.11. The summed E-state index contributed by atoms with van der Waals surface area (Å²) in [6.45, 7) is -1.14. The average molecular weight is 214 g/mol. The third kappa shape index (κ3) is 1.51. The molecule has 14 heavy (non-hydrogen) atoms. The molecule has 1 nitrogen and oxygen atoms in total. The Hall–Kier alpha value is -1.00. The molecular formula is C10H8F2OS. The summed E-state index contributed by atoms with van der Waals surface area (Å²) in [5.41, 5.74) is 0. The smallest absolute Gasteiger partial charge is 0.304 e. The van der Waals surface area contributed by atoms with Crippen LogP contribution in [0.1, 0.15) is 4.88 Å². The zero-order chi connectivity index (χ0) is 10.2. The highest BCUT2D eigenvalue weighted by Crippen LogP contribution is 2.36. The first kappa shape index (κ1) is 9.55. The molecule has 0 saturated heterocycles. The van der Waals surface area contributed by atoms with Gasteiger partial charge in [0.1, 0.15) is 6.61 Å². The zero-order valence-electron chi connectivity index (χ0n) is 7.21. The Bertz CT molecular complexity index is 417. The molecule has 0 unspecified atom stereocenters. The lowest BCUT2D eigenvalue weighted by Crippen LogP contribution is -2.16. The van der Waals surface area contributed by atoms with E-state index in [-0.39, 0.29) is 4.88 Å². The second-order valence-electron chi connectivity index (χ2n) is 3.01. The van der Waals surface area contributed by atoms with Gasteiger partial charge in [-0.05, 0) is 17.5 Å². The summed E-state index contributed by atoms with van der Waals surface area (Å²) in [7, 11) is 0. The van der Waals surface area contributed by atoms with E-state index in [2.05, 4.69) is 0 Å². The van der Waals surface area contributed by atoms with Gasteiger partial charge < -0.3 is 5.11 Å². The second kappa shape index (κ2) is 3.29. The molecule has 4 heteroatoms. The summed E-state index contributed by atoms with van der Waals surface area (Å²) < 4.78 is 27.0. The number of thiophene rings is 1. The predicted molar refractivity (Wildman–Crippen MR) is 52.8 cm³/mol. The van der Waals surface area contributed by atoms with Crippen LogP contribution in [0.15, 0.2) is 30.3 Å². The first-order chi connectivity index (χ1) is 6.63. The topological polar surface area (TPSA) is 20.2 Å². The van der Waals surface area contributed by atoms with Gasteiger partial charge in [0.15, 0.2) is 0 Å². The molecule has 0 spiro atoms. The van der Waals surface area contributed by atoms with Crippen molar-refractivity contribution >= 4 is 21.4 Å². The summed E-state index contributed by atoms with van der Waals surface area (Å²) in [4.78, 5) is -0.0822. The minimum atomic E-state index is -3.12. The molecule has 2 rings (SSSR count). The maximum Gasteiger partial charge on any atom is 0.304 e. The normalized spacial score (nSPS) is 12.2. The van der Waals surface area contributed by atoms with Crippen LogP contribution < -0.4 is 0 Å². The van der Waals surface area contributed by atoms with Crippen LogP contribution in [0.4, 0.5) is 8.78 Å². The Morgan fingerprint density at radius 2 is 2.00 bits per heavy atom. The number of benzene rings is 1. The van der Waals surface area contributed by atoms with E-state index in [1.807, 2.05) is 0 Å². The molecule has 0 radical (unpaired) electrons. The molecule has 0 saturated carbocycles. The Kier molecular flexibility index (Phi) is 2.25. The Morgan fingerprint density at radius 1 is 1.29 bits per heavy atom. The fourth-order valence-electron chi connectivity index (χ4n) is 1.24. The van der Waals surface area contributed by atoms with E-state index in [0.29, 0.717) is 0 Å². The summed E-state index contributed by atoms with van der Waals surface area (Å²) in [6.07, 6.45) is 0. The summed E-state index contributed by atoms with van der Waals surface area (Å²) in [5, 5.41) is 9.32. The van der Waals surface area contributed by atoms with Crippen molar-refractivity contribution in [1.29, 1.82) is 0 Å². The fourth-order valence-corrected chi connectivity index (χ4v) is 2.27. The van der Waals surface area contributed by atoms with Gasteiger partial charge >= 0.3 is 5.92 Å². The van der Waals surface area contributed by atoms with Gasteiger partial charge in [-0.2, -0.15) is 8.78 Å². The van der Waals surface area contributed by atoms with E-state index in [0.717, 1.165) is 21.4 Å². The van der Waals surface area contributed by atoms with Crippen LogP contribution in [0.5, 0.6) is 0 Å². The van der Waals surface area contributed by atoms with Gasteiger partial charge in [0, 0.05) is 4.70 Å². The van der Waals surface area contributed by atoms with Crippen LogP contribution in [0.3, 0.4) is 0 Å². The molecule has 2 aromatic rings. The van der Waals surface area contributed by atoms with Crippen molar-refractivity contribution in [3.63, 3.8) is 0 Å². The molecule has 0 bridgehead atoms. The highest BCUT2D eigenvalue weighted by Gasteiger charge is 2.32. The van der Waals surface area contributed by atoms with Gasteiger partial charge in [-0.3, -0.25) is 0 Å². The van der Waals surface area contributed by atoms with Crippen LogP contribution in [-0.4, -0.2) is 11.7 Å². The Morgan fingerprint density at radius 3 is 2.64 bits per heavy atom. The number of alkyl halides is 2. The van der Waals surface area contributed by atoms with Gasteiger partial charge in [0.25, 0.3) is 0 Å². The molecule has 1 aromatic heterocycles. The van der Waals surface area contributed by atoms with Crippen LogP contribution >= 0.6 is 11.3 Å². The van der Waals surface area contributed by atoms with E-state index in [9.17, 15) is 8.78 Å². The molecule has 1 N–H and O–H groups in total. The number of aliphatic hydroxyl groups is 1. The number of rotatable bonds is 2. The minimum Gasteiger partial charge on any atom is -0.390 e. The van der Waals surface area contributed by atoms with Gasteiger partial charge in [0.05, 0.1) is 4.88 Å². The van der Waals surface area contributed by atoms with E-state index in [1.54, 1.807) is 24.3 Å². The number of hydrogen-bond acceptors (Lipinski definition) is 2. The molecule has 0 amide bonds. The van der Waals surface area contributed by atoms with Crippen molar-refractivity contribution in [2.75, 3.05) is 6.61 Å². The number of halogens is 2. The summed E-state index contributed by atoms with van der Waals surface area (Å²) in [5.74, 6) is -3.12. The van der Waals surface area contributed by atoms with Crippen molar-refractivity contribution < 1.29 is 13.9 Å². The van der Waals surface area contributed by atoms with Crippen molar-refractivity contribution in [1.82, 2.24) is 0 Å². The molecule has 0 fully saturated rings. The van der Waals surface area contributed by atoms with Gasteiger partial charge in [-0.15, -0.1) is 11.3 Å². The van der Waals surface area contributed by atoms with Crippen LogP contribution in [-0.2, 0) is 5.92 Å². The molecule has 0 aliphatic carbocycles. The third-order valence-corrected chi connectivity index (χ3v) is 3.21. The Labute approximate surface area is 83.6 Å². The van der Waals surface area contributed by atoms with Crippen LogP contribution in [0.2, 0.25) is 0 Å². The van der Waals surface area contributed by atoms with Crippen molar-refractivity contribution in [3.05, 3.63) is 35.2 Å². The van der Waals surface area contributed by atoms with Crippen LogP contribution in [0.25, 0.3) is 10.1 Å². The maximum atomic E-state index is 13.1. The third-order valence-electron chi connectivity index (χ3n) is 1.98. The minimum absolute atomic E-state index is 0.0822. The van der Waals surface area contributed by atoms with Crippen LogP contribution in [0, 0.1) is 0 Å². The molecule has 0 aliphatic heterocycles. The summed E-state index contributed by atoms with van der Waals surface area (Å²) in [6, 6.07) is 8.60. The molecule has 1 aromatic carbocycles. The van der Waals surface area contributed by atoms with E-state index < -0.39 is 12.5 Å². The fraction of sp³-hybridized carbons (Fsp3) is 0.200. The van der Waals surface area contributed by atoms with Crippen molar-refractivity contribution in [3.8, 4) is 0 Å². The average Bonchev–Trinajstić information content (AvgIpc) is 2.61. The lowest BCUT2D eigenvalue weighted by atomic mass is 10.2. The zero-order valence-corrected chi connectivity index (χ0v) is 8.02. The molecule has 74 valence electrons.